The molecule has 3 amide bonds. The molecule has 1 saturated carbocycles. The van der Waals surface area contributed by atoms with Gasteiger partial charge in [-0.2, -0.15) is 0 Å². The predicted octanol–water partition coefficient (Wildman–Crippen LogP) is 4.30. The molecular weight excluding hydrogens is 490 g/mol. The van der Waals surface area contributed by atoms with Gasteiger partial charge in [0.05, 0.1) is 16.9 Å². The summed E-state index contributed by atoms with van der Waals surface area (Å²) in [6.07, 6.45) is 1.98. The van der Waals surface area contributed by atoms with Crippen LogP contribution in [0.2, 0.25) is 5.02 Å². The molecule has 0 unspecified atom stereocenters. The summed E-state index contributed by atoms with van der Waals surface area (Å²) in [4.78, 5) is 38.7. The number of aromatic nitrogens is 1. The van der Waals surface area contributed by atoms with Crippen molar-refractivity contribution in [1.29, 1.82) is 0 Å². The zero-order chi connectivity index (χ0) is 25.8. The minimum Gasteiger partial charge on any atom is -0.354 e. The van der Waals surface area contributed by atoms with Crippen LogP contribution in [0.25, 0.3) is 0 Å². The van der Waals surface area contributed by atoms with Gasteiger partial charge in [0.2, 0.25) is 5.91 Å². The summed E-state index contributed by atoms with van der Waals surface area (Å²) in [5, 5.41) is 8.25. The van der Waals surface area contributed by atoms with Crippen molar-refractivity contribution in [3.8, 4) is 0 Å². The number of carbonyl (C=O) groups is 3. The minimum atomic E-state index is -1.42. The quantitative estimate of drug-likeness (QED) is 0.476. The van der Waals surface area contributed by atoms with Crippen molar-refractivity contribution < 1.29 is 23.2 Å². The second-order valence-corrected chi connectivity index (χ2v) is 9.63. The van der Waals surface area contributed by atoms with E-state index in [4.69, 9.17) is 11.6 Å². The highest BCUT2D eigenvalue weighted by Gasteiger charge is 2.43. The first kappa shape index (κ1) is 24.0. The Labute approximate surface area is 210 Å². The van der Waals surface area contributed by atoms with E-state index in [0.717, 1.165) is 18.4 Å². The first-order valence-corrected chi connectivity index (χ1v) is 11.8. The van der Waals surface area contributed by atoms with Gasteiger partial charge >= 0.3 is 0 Å². The Morgan fingerprint density at radius 2 is 1.86 bits per heavy atom. The second kappa shape index (κ2) is 8.74. The van der Waals surface area contributed by atoms with E-state index in [2.05, 4.69) is 16.0 Å². The van der Waals surface area contributed by atoms with Crippen LogP contribution in [0.4, 0.5) is 14.5 Å². The molecule has 0 bridgehead atoms. The average Bonchev–Trinajstić information content (AvgIpc) is 3.62. The molecule has 1 aliphatic carbocycles. The zero-order valence-electron chi connectivity index (χ0n) is 19.5. The van der Waals surface area contributed by atoms with Crippen LogP contribution in [0, 0.1) is 11.6 Å². The SMILES string of the molecule is CNC(=O)c1cc(NC(=O)c2cc(C3CC3)ccc2F)c2n1CC(=O)N[C@]2(C)c1cc(F)ccc1Cl. The van der Waals surface area contributed by atoms with E-state index in [-0.39, 0.29) is 34.1 Å². The number of fused-ring (bicyclic) bond motifs is 1. The molecule has 2 heterocycles. The van der Waals surface area contributed by atoms with E-state index in [0.29, 0.717) is 11.6 Å². The fourth-order valence-corrected chi connectivity index (χ4v) is 5.14. The Bertz CT molecular complexity index is 1430. The maximum absolute atomic E-state index is 14.7. The van der Waals surface area contributed by atoms with E-state index in [9.17, 15) is 23.2 Å². The Morgan fingerprint density at radius 1 is 1.11 bits per heavy atom. The molecule has 2 aromatic carbocycles. The molecule has 3 N–H and O–H groups in total. The first-order valence-electron chi connectivity index (χ1n) is 11.5. The molecule has 1 fully saturated rings. The number of nitrogens with zero attached hydrogens (tertiary/aromatic N) is 1. The maximum Gasteiger partial charge on any atom is 0.267 e. The lowest BCUT2D eigenvalue weighted by molar-refractivity contribution is -0.124. The number of hydrogen-bond donors (Lipinski definition) is 3. The molecule has 10 heteroatoms. The van der Waals surface area contributed by atoms with Crippen molar-refractivity contribution in [2.24, 2.45) is 0 Å². The van der Waals surface area contributed by atoms with Crippen LogP contribution >= 0.6 is 11.6 Å². The molecule has 186 valence electrons. The molecule has 1 aliphatic heterocycles. The molecule has 0 radical (unpaired) electrons. The lowest BCUT2D eigenvalue weighted by Crippen LogP contribution is -2.52. The molecule has 1 atom stereocenters. The van der Waals surface area contributed by atoms with Crippen molar-refractivity contribution >= 4 is 35.0 Å². The summed E-state index contributed by atoms with van der Waals surface area (Å²) in [7, 11) is 1.44. The van der Waals surface area contributed by atoms with Crippen LogP contribution in [0.15, 0.2) is 42.5 Å². The normalized spacial score (nSPS) is 18.9. The Kier molecular flexibility index (Phi) is 5.83. The Balaban J connectivity index is 1.66. The van der Waals surface area contributed by atoms with Gasteiger partial charge in [0.25, 0.3) is 11.8 Å². The summed E-state index contributed by atoms with van der Waals surface area (Å²) in [5.74, 6) is -2.59. The summed E-state index contributed by atoms with van der Waals surface area (Å²) < 4.78 is 30.4. The maximum atomic E-state index is 14.7. The number of halogens is 3. The Hall–Kier alpha value is -3.72. The molecule has 2 aliphatic rings. The highest BCUT2D eigenvalue weighted by Crippen LogP contribution is 2.43. The number of carbonyl (C=O) groups excluding carboxylic acids is 3. The fraction of sp³-hybridized carbons (Fsp3) is 0.269. The van der Waals surface area contributed by atoms with Gasteiger partial charge in [-0.3, -0.25) is 14.4 Å². The van der Waals surface area contributed by atoms with E-state index < -0.39 is 34.9 Å². The van der Waals surface area contributed by atoms with Crippen molar-refractivity contribution in [2.45, 2.75) is 37.8 Å². The van der Waals surface area contributed by atoms with Crippen molar-refractivity contribution in [2.75, 3.05) is 12.4 Å². The van der Waals surface area contributed by atoms with Gasteiger partial charge in [-0.05, 0) is 67.6 Å². The number of hydrogen-bond acceptors (Lipinski definition) is 3. The van der Waals surface area contributed by atoms with Gasteiger partial charge in [0.15, 0.2) is 0 Å². The number of anilines is 1. The van der Waals surface area contributed by atoms with Crippen molar-refractivity contribution in [3.05, 3.63) is 87.2 Å². The van der Waals surface area contributed by atoms with E-state index in [1.54, 1.807) is 13.0 Å². The monoisotopic (exact) mass is 512 g/mol. The topological polar surface area (TPSA) is 92.2 Å². The van der Waals surface area contributed by atoms with Crippen LogP contribution in [0.1, 0.15) is 63.4 Å². The summed E-state index contributed by atoms with van der Waals surface area (Å²) in [6.45, 7) is 1.39. The van der Waals surface area contributed by atoms with Gasteiger partial charge in [-0.15, -0.1) is 0 Å². The third kappa shape index (κ3) is 4.03. The number of amides is 3. The first-order chi connectivity index (χ1) is 17.1. The lowest BCUT2D eigenvalue weighted by atomic mass is 9.86. The summed E-state index contributed by atoms with van der Waals surface area (Å²) in [6, 6.07) is 9.64. The number of rotatable bonds is 5. The van der Waals surface area contributed by atoms with Gasteiger partial charge in [-0.25, -0.2) is 8.78 Å². The summed E-state index contributed by atoms with van der Waals surface area (Å²) >= 11 is 6.41. The third-order valence-electron chi connectivity index (χ3n) is 6.72. The van der Waals surface area contributed by atoms with Crippen LogP contribution in [0.5, 0.6) is 0 Å². The van der Waals surface area contributed by atoms with Gasteiger partial charge in [0, 0.05) is 17.6 Å². The molecule has 7 nitrogen and oxygen atoms in total. The van der Waals surface area contributed by atoms with Gasteiger partial charge in [0.1, 0.15) is 29.4 Å². The van der Waals surface area contributed by atoms with Crippen LogP contribution in [-0.4, -0.2) is 29.3 Å². The molecular formula is C26H23ClF2N4O3. The smallest absolute Gasteiger partial charge is 0.267 e. The molecule has 3 aromatic rings. The molecule has 1 aromatic heterocycles. The predicted molar refractivity (Wildman–Crippen MR) is 130 cm³/mol. The Morgan fingerprint density at radius 3 is 2.56 bits per heavy atom. The van der Waals surface area contributed by atoms with Crippen LogP contribution in [0.3, 0.4) is 0 Å². The van der Waals surface area contributed by atoms with E-state index >= 15 is 0 Å². The highest BCUT2D eigenvalue weighted by molar-refractivity contribution is 6.31. The molecule has 36 heavy (non-hydrogen) atoms. The minimum absolute atomic E-state index is 0.101. The standard InChI is InChI=1S/C26H23ClF2N4O3/c1-26(17-10-15(28)6-7-18(17)27)23-20(11-21(25(36)30-2)33(23)12-22(34)32-26)31-24(35)16-9-14(13-3-4-13)5-8-19(16)29/h5-11,13H,3-4,12H2,1-2H3,(H,30,36)(H,31,35)(H,32,34)/t26-/m1/s1. The van der Waals surface area contributed by atoms with Crippen LogP contribution < -0.4 is 16.0 Å². The third-order valence-corrected chi connectivity index (χ3v) is 7.05. The van der Waals surface area contributed by atoms with Gasteiger partial charge < -0.3 is 20.5 Å². The van der Waals surface area contributed by atoms with Gasteiger partial charge in [-0.1, -0.05) is 17.7 Å². The van der Waals surface area contributed by atoms with E-state index in [1.165, 1.54) is 48.0 Å². The van der Waals surface area contributed by atoms with Crippen molar-refractivity contribution in [3.63, 3.8) is 0 Å². The summed E-state index contributed by atoms with van der Waals surface area (Å²) in [5.41, 5.74) is 0.137. The average molecular weight is 513 g/mol. The largest absolute Gasteiger partial charge is 0.354 e. The van der Waals surface area contributed by atoms with E-state index in [1.807, 2.05) is 0 Å². The van der Waals surface area contributed by atoms with Crippen molar-refractivity contribution in [1.82, 2.24) is 15.2 Å². The zero-order valence-corrected chi connectivity index (χ0v) is 20.3. The lowest BCUT2D eigenvalue weighted by Gasteiger charge is -2.38. The van der Waals surface area contributed by atoms with Crippen LogP contribution in [-0.2, 0) is 16.9 Å². The second-order valence-electron chi connectivity index (χ2n) is 9.22. The molecule has 5 rings (SSSR count). The molecule has 0 saturated heterocycles. The number of nitrogens with one attached hydrogen (secondary N) is 3. The molecule has 0 spiro atoms. The fourth-order valence-electron chi connectivity index (χ4n) is 4.84. The highest BCUT2D eigenvalue weighted by atomic mass is 35.5. The number of benzene rings is 2.